The molecule has 0 spiro atoms. The number of nitrogens with zero attached hydrogens (tertiary/aromatic N) is 1. The Morgan fingerprint density at radius 1 is 1.47 bits per heavy atom. The molecule has 0 radical (unpaired) electrons. The van der Waals surface area contributed by atoms with Crippen LogP contribution in [0.4, 0.5) is 0 Å². The van der Waals surface area contributed by atoms with Crippen LogP contribution in [0.2, 0.25) is 0 Å². The van der Waals surface area contributed by atoms with Crippen molar-refractivity contribution in [3.8, 4) is 0 Å². The molecule has 1 N–H and O–H groups in total. The average Bonchev–Trinajstić information content (AvgIpc) is 2.82. The van der Waals surface area contributed by atoms with E-state index in [2.05, 4.69) is 30.3 Å². The Kier molecular flexibility index (Phi) is 3.44. The molecule has 1 atom stereocenters. The zero-order valence-electron chi connectivity index (χ0n) is 9.57. The molecule has 15 heavy (non-hydrogen) atoms. The summed E-state index contributed by atoms with van der Waals surface area (Å²) < 4.78 is 5.45. The fourth-order valence-electron chi connectivity index (χ4n) is 2.26. The number of hydrogen-bond acceptors (Lipinski definition) is 3. The van der Waals surface area contributed by atoms with Gasteiger partial charge >= 0.3 is 0 Å². The standard InChI is InChI=1S/C12H20N2O/c1-10(12-4-3-9-15-12)14(2)11-5-7-13-8-6-11/h3-4,9-11,13H,5-8H2,1-2H3/t10-/m1/s1. The monoisotopic (exact) mass is 208 g/mol. The highest BCUT2D eigenvalue weighted by Crippen LogP contribution is 2.24. The molecule has 3 heteroatoms. The van der Waals surface area contributed by atoms with E-state index in [4.69, 9.17) is 4.42 Å². The molecule has 0 unspecified atom stereocenters. The van der Waals surface area contributed by atoms with Crippen LogP contribution in [0, 0.1) is 0 Å². The van der Waals surface area contributed by atoms with Gasteiger partial charge in [0.25, 0.3) is 0 Å². The van der Waals surface area contributed by atoms with Crippen molar-refractivity contribution >= 4 is 0 Å². The minimum atomic E-state index is 0.378. The van der Waals surface area contributed by atoms with Gasteiger partial charge in [-0.1, -0.05) is 0 Å². The van der Waals surface area contributed by atoms with Gasteiger partial charge in [0.15, 0.2) is 0 Å². The maximum Gasteiger partial charge on any atom is 0.120 e. The van der Waals surface area contributed by atoms with E-state index in [1.54, 1.807) is 6.26 Å². The molecule has 84 valence electrons. The SMILES string of the molecule is C[C@H](c1ccco1)N(C)C1CCNCC1. The predicted octanol–water partition coefficient (Wildman–Crippen LogP) is 2.02. The quantitative estimate of drug-likeness (QED) is 0.824. The van der Waals surface area contributed by atoms with Crippen LogP contribution in [0.15, 0.2) is 22.8 Å². The minimum absolute atomic E-state index is 0.378. The Morgan fingerprint density at radius 2 is 2.20 bits per heavy atom. The van der Waals surface area contributed by atoms with E-state index >= 15 is 0 Å². The van der Waals surface area contributed by atoms with Gasteiger partial charge in [0.1, 0.15) is 5.76 Å². The van der Waals surface area contributed by atoms with Crippen LogP contribution in [-0.2, 0) is 0 Å². The van der Waals surface area contributed by atoms with E-state index < -0.39 is 0 Å². The molecule has 1 aromatic rings. The summed E-state index contributed by atoms with van der Waals surface area (Å²) in [5.74, 6) is 1.07. The summed E-state index contributed by atoms with van der Waals surface area (Å²) in [5.41, 5.74) is 0. The molecule has 3 nitrogen and oxygen atoms in total. The van der Waals surface area contributed by atoms with Crippen molar-refractivity contribution in [1.82, 2.24) is 10.2 Å². The highest BCUT2D eigenvalue weighted by atomic mass is 16.3. The molecule has 0 amide bonds. The molecule has 0 aliphatic carbocycles. The maximum absolute atomic E-state index is 5.45. The molecule has 2 heterocycles. The van der Waals surface area contributed by atoms with Crippen LogP contribution >= 0.6 is 0 Å². The second-order valence-electron chi connectivity index (χ2n) is 4.34. The van der Waals surface area contributed by atoms with Gasteiger partial charge in [-0.15, -0.1) is 0 Å². The summed E-state index contributed by atoms with van der Waals surface area (Å²) in [6.07, 6.45) is 4.23. The zero-order valence-corrected chi connectivity index (χ0v) is 9.57. The first-order valence-electron chi connectivity index (χ1n) is 5.75. The molecule has 1 aliphatic heterocycles. The molecular formula is C12H20N2O. The first-order valence-corrected chi connectivity index (χ1v) is 5.75. The normalized spacial score (nSPS) is 20.7. The van der Waals surface area contributed by atoms with Gasteiger partial charge in [0.05, 0.1) is 12.3 Å². The van der Waals surface area contributed by atoms with Crippen molar-refractivity contribution in [2.75, 3.05) is 20.1 Å². The average molecular weight is 208 g/mol. The van der Waals surface area contributed by atoms with Crippen LogP contribution < -0.4 is 5.32 Å². The lowest BCUT2D eigenvalue weighted by Gasteiger charge is -2.34. The Balaban J connectivity index is 1.97. The Hall–Kier alpha value is -0.800. The van der Waals surface area contributed by atoms with E-state index in [1.807, 2.05) is 6.07 Å². The predicted molar refractivity (Wildman–Crippen MR) is 60.8 cm³/mol. The van der Waals surface area contributed by atoms with Crippen molar-refractivity contribution in [3.63, 3.8) is 0 Å². The van der Waals surface area contributed by atoms with Gasteiger partial charge in [0.2, 0.25) is 0 Å². The lowest BCUT2D eigenvalue weighted by Crippen LogP contribution is -2.42. The third kappa shape index (κ3) is 2.41. The highest BCUT2D eigenvalue weighted by Gasteiger charge is 2.23. The first-order chi connectivity index (χ1) is 7.29. The summed E-state index contributed by atoms with van der Waals surface area (Å²) >= 11 is 0. The fraction of sp³-hybridized carbons (Fsp3) is 0.667. The molecule has 1 fully saturated rings. The number of rotatable bonds is 3. The topological polar surface area (TPSA) is 28.4 Å². The van der Waals surface area contributed by atoms with Crippen molar-refractivity contribution in [3.05, 3.63) is 24.2 Å². The molecule has 1 saturated heterocycles. The van der Waals surface area contributed by atoms with Gasteiger partial charge in [-0.3, -0.25) is 4.90 Å². The van der Waals surface area contributed by atoms with Gasteiger partial charge in [-0.25, -0.2) is 0 Å². The second kappa shape index (κ2) is 4.81. The van der Waals surface area contributed by atoms with Crippen molar-refractivity contribution in [2.24, 2.45) is 0 Å². The summed E-state index contributed by atoms with van der Waals surface area (Å²) in [4.78, 5) is 2.43. The highest BCUT2D eigenvalue weighted by molar-refractivity contribution is 5.04. The number of piperidine rings is 1. The Bertz CT molecular complexity index is 278. The molecule has 1 aromatic heterocycles. The van der Waals surface area contributed by atoms with E-state index in [-0.39, 0.29) is 0 Å². The van der Waals surface area contributed by atoms with Gasteiger partial charge in [-0.05, 0) is 52.0 Å². The molecule has 2 rings (SSSR count). The lowest BCUT2D eigenvalue weighted by molar-refractivity contribution is 0.138. The van der Waals surface area contributed by atoms with E-state index in [1.165, 1.54) is 12.8 Å². The molecule has 1 aliphatic rings. The van der Waals surface area contributed by atoms with Crippen molar-refractivity contribution < 1.29 is 4.42 Å². The largest absolute Gasteiger partial charge is 0.468 e. The third-order valence-electron chi connectivity index (χ3n) is 3.45. The molecule has 0 bridgehead atoms. The number of nitrogens with one attached hydrogen (secondary N) is 1. The second-order valence-corrected chi connectivity index (χ2v) is 4.34. The third-order valence-corrected chi connectivity index (χ3v) is 3.45. The molecule has 0 aromatic carbocycles. The summed E-state index contributed by atoms with van der Waals surface area (Å²) in [7, 11) is 2.20. The Labute approximate surface area is 91.4 Å². The van der Waals surface area contributed by atoms with E-state index in [0.717, 1.165) is 18.8 Å². The van der Waals surface area contributed by atoms with Crippen LogP contribution in [0.25, 0.3) is 0 Å². The molecule has 0 saturated carbocycles. The fourth-order valence-corrected chi connectivity index (χ4v) is 2.26. The Morgan fingerprint density at radius 3 is 2.80 bits per heavy atom. The van der Waals surface area contributed by atoms with Gasteiger partial charge in [-0.2, -0.15) is 0 Å². The first kappa shape index (κ1) is 10.7. The van der Waals surface area contributed by atoms with Crippen molar-refractivity contribution in [2.45, 2.75) is 31.8 Å². The van der Waals surface area contributed by atoms with Crippen LogP contribution in [0.3, 0.4) is 0 Å². The smallest absolute Gasteiger partial charge is 0.120 e. The minimum Gasteiger partial charge on any atom is -0.468 e. The van der Waals surface area contributed by atoms with Crippen LogP contribution in [0.5, 0.6) is 0 Å². The number of hydrogen-bond donors (Lipinski definition) is 1. The van der Waals surface area contributed by atoms with Crippen LogP contribution in [-0.4, -0.2) is 31.1 Å². The maximum atomic E-state index is 5.45. The number of furan rings is 1. The zero-order chi connectivity index (χ0) is 10.7. The summed E-state index contributed by atoms with van der Waals surface area (Å²) in [5, 5.41) is 3.39. The van der Waals surface area contributed by atoms with Gasteiger partial charge < -0.3 is 9.73 Å². The summed E-state index contributed by atoms with van der Waals surface area (Å²) in [6.45, 7) is 4.49. The van der Waals surface area contributed by atoms with Crippen molar-refractivity contribution in [1.29, 1.82) is 0 Å². The van der Waals surface area contributed by atoms with E-state index in [9.17, 15) is 0 Å². The summed E-state index contributed by atoms with van der Waals surface area (Å²) in [6, 6.07) is 5.08. The molecular weight excluding hydrogens is 188 g/mol. The van der Waals surface area contributed by atoms with Crippen LogP contribution in [0.1, 0.15) is 31.6 Å². The van der Waals surface area contributed by atoms with Gasteiger partial charge in [0, 0.05) is 6.04 Å². The lowest BCUT2D eigenvalue weighted by atomic mass is 10.0. The van der Waals surface area contributed by atoms with E-state index in [0.29, 0.717) is 12.1 Å².